The Balaban J connectivity index is 2.17. The number of carbonyl (C=O) groups excluding carboxylic acids is 1. The van der Waals surface area contributed by atoms with Crippen LogP contribution in [0.1, 0.15) is 27.7 Å². The summed E-state index contributed by atoms with van der Waals surface area (Å²) in [4.78, 5) is 12.2. The van der Waals surface area contributed by atoms with Gasteiger partial charge in [0.1, 0.15) is 5.82 Å². The van der Waals surface area contributed by atoms with Crippen LogP contribution >= 0.6 is 11.8 Å². The van der Waals surface area contributed by atoms with Crippen molar-refractivity contribution in [2.24, 2.45) is 7.05 Å². The minimum absolute atomic E-state index is 0.0714. The molecule has 1 aromatic carbocycles. The summed E-state index contributed by atoms with van der Waals surface area (Å²) in [6.07, 6.45) is 0. The largest absolute Gasteiger partial charge is 0.351 e. The highest BCUT2D eigenvalue weighted by molar-refractivity contribution is 8.00. The Hall–Kier alpha value is -1.89. The summed E-state index contributed by atoms with van der Waals surface area (Å²) >= 11 is 1.30. The summed E-state index contributed by atoms with van der Waals surface area (Å²) in [6, 6.07) is 6.42. The number of carbonyl (C=O) groups is 1. The zero-order chi connectivity index (χ0) is 17.2. The number of thioether (sulfide) groups is 1. The highest BCUT2D eigenvalue weighted by atomic mass is 32.2. The van der Waals surface area contributed by atoms with Gasteiger partial charge in [0.15, 0.2) is 11.0 Å². The molecule has 7 heteroatoms. The predicted molar refractivity (Wildman–Crippen MR) is 89.6 cm³/mol. The van der Waals surface area contributed by atoms with E-state index in [1.807, 2.05) is 27.7 Å². The van der Waals surface area contributed by atoms with E-state index >= 15 is 0 Å². The van der Waals surface area contributed by atoms with Crippen LogP contribution in [0.15, 0.2) is 29.4 Å². The summed E-state index contributed by atoms with van der Waals surface area (Å²) < 4.78 is 15.6. The lowest BCUT2D eigenvalue weighted by Crippen LogP contribution is -2.44. The number of rotatable bonds is 4. The third kappa shape index (κ3) is 4.31. The van der Waals surface area contributed by atoms with Gasteiger partial charge in [-0.2, -0.15) is 0 Å². The lowest BCUT2D eigenvalue weighted by Gasteiger charge is -2.22. The molecule has 0 unspecified atom stereocenters. The van der Waals surface area contributed by atoms with Crippen LogP contribution in [-0.2, 0) is 11.8 Å². The average Bonchev–Trinajstić information content (AvgIpc) is 2.79. The highest BCUT2D eigenvalue weighted by Gasteiger charge is 2.23. The van der Waals surface area contributed by atoms with E-state index in [1.165, 1.54) is 17.8 Å². The summed E-state index contributed by atoms with van der Waals surface area (Å²) in [5.74, 6) is 0.0186. The smallest absolute Gasteiger partial charge is 0.233 e. The Morgan fingerprint density at radius 1 is 1.30 bits per heavy atom. The van der Waals surface area contributed by atoms with Crippen LogP contribution in [-0.4, -0.2) is 31.5 Å². The molecule has 1 aromatic heterocycles. The van der Waals surface area contributed by atoms with Gasteiger partial charge in [-0.1, -0.05) is 23.9 Å². The van der Waals surface area contributed by atoms with Gasteiger partial charge in [-0.05, 0) is 39.8 Å². The molecule has 0 spiro atoms. The molecule has 0 radical (unpaired) electrons. The average molecular weight is 336 g/mol. The molecule has 1 atom stereocenters. The first-order chi connectivity index (χ1) is 10.7. The monoisotopic (exact) mass is 336 g/mol. The normalized spacial score (nSPS) is 13.0. The fourth-order valence-corrected chi connectivity index (χ4v) is 2.79. The van der Waals surface area contributed by atoms with Crippen LogP contribution < -0.4 is 5.32 Å². The van der Waals surface area contributed by atoms with Crippen molar-refractivity contribution in [3.63, 3.8) is 0 Å². The molecule has 124 valence electrons. The minimum Gasteiger partial charge on any atom is -0.351 e. The lowest BCUT2D eigenvalue weighted by molar-refractivity contribution is -0.121. The van der Waals surface area contributed by atoms with Crippen molar-refractivity contribution in [2.75, 3.05) is 0 Å². The first kappa shape index (κ1) is 17.5. The number of halogens is 1. The van der Waals surface area contributed by atoms with Crippen molar-refractivity contribution in [2.45, 2.75) is 43.6 Å². The summed E-state index contributed by atoms with van der Waals surface area (Å²) in [7, 11) is 1.76. The third-order valence-electron chi connectivity index (χ3n) is 3.10. The molecule has 0 saturated heterocycles. The van der Waals surface area contributed by atoms with Gasteiger partial charge in [0.2, 0.25) is 5.91 Å². The molecule has 0 aliphatic carbocycles. The number of hydrogen-bond donors (Lipinski definition) is 1. The molecule has 0 bridgehead atoms. The highest BCUT2D eigenvalue weighted by Crippen LogP contribution is 2.27. The van der Waals surface area contributed by atoms with Gasteiger partial charge in [-0.25, -0.2) is 4.39 Å². The SMILES string of the molecule is C[C@@H](Sc1nnc(-c2ccccc2F)n1C)C(=O)NC(C)(C)C. The van der Waals surface area contributed by atoms with Crippen LogP contribution in [0.2, 0.25) is 0 Å². The minimum atomic E-state index is -0.349. The maximum Gasteiger partial charge on any atom is 0.233 e. The molecule has 0 aliphatic heterocycles. The van der Waals surface area contributed by atoms with Crippen LogP contribution in [0.25, 0.3) is 11.4 Å². The number of nitrogens with zero attached hydrogens (tertiary/aromatic N) is 3. The molecule has 0 fully saturated rings. The Morgan fingerprint density at radius 2 is 1.96 bits per heavy atom. The fraction of sp³-hybridized carbons (Fsp3) is 0.438. The molecule has 2 rings (SSSR count). The van der Waals surface area contributed by atoms with Crippen molar-refractivity contribution in [1.82, 2.24) is 20.1 Å². The quantitative estimate of drug-likeness (QED) is 0.872. The summed E-state index contributed by atoms with van der Waals surface area (Å²) in [5.41, 5.74) is 0.102. The van der Waals surface area contributed by atoms with Crippen molar-refractivity contribution in [3.8, 4) is 11.4 Å². The maximum atomic E-state index is 13.9. The van der Waals surface area contributed by atoms with Gasteiger partial charge < -0.3 is 9.88 Å². The molecular formula is C16H21FN4OS. The lowest BCUT2D eigenvalue weighted by atomic mass is 10.1. The van der Waals surface area contributed by atoms with Crippen LogP contribution in [0, 0.1) is 5.82 Å². The topological polar surface area (TPSA) is 59.8 Å². The van der Waals surface area contributed by atoms with Gasteiger partial charge in [-0.3, -0.25) is 4.79 Å². The zero-order valence-corrected chi connectivity index (χ0v) is 14.7. The van der Waals surface area contributed by atoms with E-state index in [0.29, 0.717) is 16.5 Å². The fourth-order valence-electron chi connectivity index (χ4n) is 1.98. The number of amides is 1. The molecular weight excluding hydrogens is 315 g/mol. The third-order valence-corrected chi connectivity index (χ3v) is 4.23. The Kier molecular flexibility index (Phi) is 5.09. The summed E-state index contributed by atoms with van der Waals surface area (Å²) in [5, 5.41) is 11.3. The van der Waals surface area contributed by atoms with Gasteiger partial charge >= 0.3 is 0 Å². The Labute approximate surface area is 139 Å². The van der Waals surface area contributed by atoms with Crippen molar-refractivity contribution in [1.29, 1.82) is 0 Å². The number of aromatic nitrogens is 3. The molecule has 0 aliphatic rings. The number of nitrogens with one attached hydrogen (secondary N) is 1. The van der Waals surface area contributed by atoms with Gasteiger partial charge in [0, 0.05) is 12.6 Å². The standard InChI is InChI=1S/C16H21FN4OS/c1-10(14(22)18-16(2,3)4)23-15-20-19-13(21(15)5)11-8-6-7-9-12(11)17/h6-10H,1-5H3,(H,18,22)/t10-/m1/s1. The van der Waals surface area contributed by atoms with E-state index in [2.05, 4.69) is 15.5 Å². The Morgan fingerprint density at radius 3 is 2.57 bits per heavy atom. The van der Waals surface area contributed by atoms with Gasteiger partial charge in [0.05, 0.1) is 10.8 Å². The Bertz CT molecular complexity index is 708. The summed E-state index contributed by atoms with van der Waals surface area (Å²) in [6.45, 7) is 7.60. The number of benzene rings is 1. The van der Waals surface area contributed by atoms with E-state index in [-0.39, 0.29) is 22.5 Å². The van der Waals surface area contributed by atoms with Gasteiger partial charge in [0.25, 0.3) is 0 Å². The molecule has 5 nitrogen and oxygen atoms in total. The van der Waals surface area contributed by atoms with Crippen LogP contribution in [0.4, 0.5) is 4.39 Å². The second kappa shape index (κ2) is 6.70. The van der Waals surface area contributed by atoms with E-state index in [1.54, 1.807) is 29.8 Å². The van der Waals surface area contributed by atoms with Gasteiger partial charge in [-0.15, -0.1) is 10.2 Å². The van der Waals surface area contributed by atoms with E-state index in [0.717, 1.165) is 0 Å². The molecule has 2 aromatic rings. The molecule has 0 saturated carbocycles. The molecule has 1 N–H and O–H groups in total. The van der Waals surface area contributed by atoms with Crippen molar-refractivity contribution in [3.05, 3.63) is 30.1 Å². The molecule has 1 heterocycles. The molecule has 23 heavy (non-hydrogen) atoms. The van der Waals surface area contributed by atoms with Crippen LogP contribution in [0.5, 0.6) is 0 Å². The van der Waals surface area contributed by atoms with Crippen molar-refractivity contribution >= 4 is 17.7 Å². The van der Waals surface area contributed by atoms with Crippen molar-refractivity contribution < 1.29 is 9.18 Å². The second-order valence-corrected chi connectivity index (χ2v) is 7.65. The first-order valence-electron chi connectivity index (χ1n) is 7.32. The van der Waals surface area contributed by atoms with E-state index in [4.69, 9.17) is 0 Å². The van der Waals surface area contributed by atoms with E-state index in [9.17, 15) is 9.18 Å². The predicted octanol–water partition coefficient (Wildman–Crippen LogP) is 3.02. The second-order valence-electron chi connectivity index (χ2n) is 6.34. The molecule has 1 amide bonds. The van der Waals surface area contributed by atoms with E-state index < -0.39 is 0 Å². The maximum absolute atomic E-state index is 13.9. The number of hydrogen-bond acceptors (Lipinski definition) is 4. The van der Waals surface area contributed by atoms with Crippen LogP contribution in [0.3, 0.4) is 0 Å². The first-order valence-corrected chi connectivity index (χ1v) is 8.20. The zero-order valence-electron chi connectivity index (χ0n) is 13.9.